The normalized spacial score (nSPS) is 21.2. The molecule has 2 saturated heterocycles. The first-order chi connectivity index (χ1) is 11.9. The summed E-state index contributed by atoms with van der Waals surface area (Å²) in [5, 5.41) is 0. The molecule has 0 N–H and O–H groups in total. The van der Waals surface area contributed by atoms with Gasteiger partial charge in [-0.15, -0.1) is 0 Å². The Morgan fingerprint density at radius 2 is 1.76 bits per heavy atom. The maximum absolute atomic E-state index is 12.3. The third-order valence-corrected chi connectivity index (χ3v) is 4.64. The summed E-state index contributed by atoms with van der Waals surface area (Å²) in [4.78, 5) is 14.1. The molecule has 1 aromatic carbocycles. The Bertz CT molecular complexity index is 664. The van der Waals surface area contributed by atoms with Crippen LogP contribution in [-0.2, 0) is 14.3 Å². The molecule has 0 unspecified atom stereocenters. The predicted molar refractivity (Wildman–Crippen MR) is 93.6 cm³/mol. The number of carbonyl (C=O) groups is 1. The number of methoxy groups -OCH3 is 2. The van der Waals surface area contributed by atoms with Crippen LogP contribution in [0.25, 0.3) is 6.08 Å². The molecule has 1 aromatic rings. The fourth-order valence-electron chi connectivity index (χ4n) is 3.07. The summed E-state index contributed by atoms with van der Waals surface area (Å²) in [5.74, 6) is 0.767. The third kappa shape index (κ3) is 3.80. The molecule has 0 bridgehead atoms. The zero-order chi connectivity index (χ0) is 18.1. The highest BCUT2D eigenvalue weighted by Gasteiger charge is 2.49. The monoisotopic (exact) mass is 347 g/mol. The van der Waals surface area contributed by atoms with Crippen LogP contribution in [0.3, 0.4) is 0 Å². The first-order valence-corrected chi connectivity index (χ1v) is 8.33. The van der Waals surface area contributed by atoms with Crippen LogP contribution in [0, 0.1) is 5.41 Å². The number of hydrogen-bond donors (Lipinski definition) is 0. The Labute approximate surface area is 148 Å². The molecular weight excluding hydrogens is 322 g/mol. The van der Waals surface area contributed by atoms with Gasteiger partial charge in [-0.1, -0.05) is 6.07 Å². The van der Waals surface area contributed by atoms with Gasteiger partial charge in [0.1, 0.15) is 0 Å². The Hall–Kier alpha value is -2.05. The first-order valence-electron chi connectivity index (χ1n) is 8.33. The van der Waals surface area contributed by atoms with E-state index in [1.807, 2.05) is 36.9 Å². The number of benzene rings is 1. The van der Waals surface area contributed by atoms with E-state index in [0.717, 1.165) is 5.56 Å². The molecule has 3 rings (SSSR count). The van der Waals surface area contributed by atoms with Crippen LogP contribution in [-0.4, -0.2) is 57.1 Å². The van der Waals surface area contributed by atoms with E-state index in [4.69, 9.17) is 18.9 Å². The van der Waals surface area contributed by atoms with E-state index in [1.54, 1.807) is 26.4 Å². The molecule has 6 nitrogen and oxygen atoms in total. The lowest BCUT2D eigenvalue weighted by Crippen LogP contribution is -2.65. The summed E-state index contributed by atoms with van der Waals surface area (Å²) >= 11 is 0. The van der Waals surface area contributed by atoms with Gasteiger partial charge in [-0.2, -0.15) is 0 Å². The van der Waals surface area contributed by atoms with Crippen LogP contribution >= 0.6 is 0 Å². The minimum absolute atomic E-state index is 0.00903. The van der Waals surface area contributed by atoms with Crippen molar-refractivity contribution >= 4 is 12.0 Å². The number of rotatable bonds is 4. The summed E-state index contributed by atoms with van der Waals surface area (Å²) in [6, 6.07) is 5.54. The van der Waals surface area contributed by atoms with Gasteiger partial charge in [0.05, 0.1) is 32.8 Å². The fraction of sp³-hybridized carbons (Fsp3) is 0.526. The van der Waals surface area contributed by atoms with Gasteiger partial charge in [0.15, 0.2) is 17.3 Å². The van der Waals surface area contributed by atoms with Crippen molar-refractivity contribution in [3.63, 3.8) is 0 Å². The number of likely N-dealkylation sites (tertiary alicyclic amines) is 1. The fourth-order valence-corrected chi connectivity index (χ4v) is 3.07. The van der Waals surface area contributed by atoms with Gasteiger partial charge in [-0.25, -0.2) is 0 Å². The minimum Gasteiger partial charge on any atom is -0.493 e. The summed E-state index contributed by atoms with van der Waals surface area (Å²) in [6.45, 7) is 6.41. The van der Waals surface area contributed by atoms with E-state index in [1.165, 1.54) is 0 Å². The molecule has 1 amide bonds. The van der Waals surface area contributed by atoms with Gasteiger partial charge in [0, 0.05) is 19.2 Å². The van der Waals surface area contributed by atoms with E-state index in [0.29, 0.717) is 37.8 Å². The molecule has 0 atom stereocenters. The molecule has 136 valence electrons. The Balaban J connectivity index is 1.56. The minimum atomic E-state index is -0.525. The molecular formula is C19H25NO5. The summed E-state index contributed by atoms with van der Waals surface area (Å²) in [7, 11) is 3.18. The van der Waals surface area contributed by atoms with Crippen LogP contribution in [0.5, 0.6) is 11.5 Å². The molecule has 2 aliphatic rings. The smallest absolute Gasteiger partial charge is 0.246 e. The highest BCUT2D eigenvalue weighted by atomic mass is 16.7. The summed E-state index contributed by atoms with van der Waals surface area (Å²) in [5.41, 5.74) is 0.829. The quantitative estimate of drug-likeness (QED) is 0.783. The zero-order valence-electron chi connectivity index (χ0n) is 15.2. The molecule has 0 radical (unpaired) electrons. The van der Waals surface area contributed by atoms with Crippen molar-refractivity contribution in [2.75, 3.05) is 40.5 Å². The maximum atomic E-state index is 12.3. The van der Waals surface area contributed by atoms with Gasteiger partial charge in [0.25, 0.3) is 0 Å². The van der Waals surface area contributed by atoms with Crippen molar-refractivity contribution < 1.29 is 23.7 Å². The van der Waals surface area contributed by atoms with Crippen molar-refractivity contribution in [1.29, 1.82) is 0 Å². The lowest BCUT2D eigenvalue weighted by atomic mass is 9.80. The highest BCUT2D eigenvalue weighted by Crippen LogP contribution is 2.37. The van der Waals surface area contributed by atoms with Crippen molar-refractivity contribution in [3.8, 4) is 11.5 Å². The Morgan fingerprint density at radius 1 is 1.12 bits per heavy atom. The van der Waals surface area contributed by atoms with Gasteiger partial charge >= 0.3 is 0 Å². The molecule has 1 spiro atoms. The molecule has 2 heterocycles. The molecule has 25 heavy (non-hydrogen) atoms. The van der Waals surface area contributed by atoms with Crippen LogP contribution in [0.1, 0.15) is 19.4 Å². The number of hydrogen-bond acceptors (Lipinski definition) is 5. The lowest BCUT2D eigenvalue weighted by molar-refractivity contribution is -0.302. The molecule has 0 aromatic heterocycles. The Morgan fingerprint density at radius 3 is 2.36 bits per heavy atom. The second-order valence-electron chi connectivity index (χ2n) is 7.12. The van der Waals surface area contributed by atoms with E-state index >= 15 is 0 Å². The van der Waals surface area contributed by atoms with Gasteiger partial charge in [-0.05, 0) is 37.6 Å². The predicted octanol–water partition coefficient (Wildman–Crippen LogP) is 2.33. The molecule has 2 fully saturated rings. The molecule has 2 aliphatic heterocycles. The SMILES string of the molecule is COc1ccc(/C=C/C(=O)N2CC3(COC(C)(C)OC3)C2)cc1OC. The third-order valence-electron chi connectivity index (χ3n) is 4.64. The first kappa shape index (κ1) is 17.8. The van der Waals surface area contributed by atoms with Gasteiger partial charge in [-0.3, -0.25) is 4.79 Å². The maximum Gasteiger partial charge on any atom is 0.246 e. The second kappa shape index (κ2) is 6.69. The molecule has 6 heteroatoms. The van der Waals surface area contributed by atoms with Crippen LogP contribution < -0.4 is 9.47 Å². The van der Waals surface area contributed by atoms with E-state index in [9.17, 15) is 4.79 Å². The van der Waals surface area contributed by atoms with Gasteiger partial charge < -0.3 is 23.8 Å². The van der Waals surface area contributed by atoms with Crippen molar-refractivity contribution in [3.05, 3.63) is 29.8 Å². The Kier molecular flexibility index (Phi) is 4.75. The van der Waals surface area contributed by atoms with Crippen molar-refractivity contribution in [1.82, 2.24) is 4.90 Å². The van der Waals surface area contributed by atoms with Crippen LogP contribution in [0.15, 0.2) is 24.3 Å². The average Bonchev–Trinajstić information content (AvgIpc) is 2.57. The topological polar surface area (TPSA) is 57.2 Å². The van der Waals surface area contributed by atoms with Crippen molar-refractivity contribution in [2.45, 2.75) is 19.6 Å². The standard InChI is InChI=1S/C19H25NO5/c1-18(2)24-12-19(13-25-18)10-20(11-19)17(21)8-6-14-5-7-15(22-3)16(9-14)23-4/h5-9H,10-13H2,1-4H3/b8-6+. The number of amides is 1. The van der Waals surface area contributed by atoms with E-state index in [2.05, 4.69) is 0 Å². The summed E-state index contributed by atoms with van der Waals surface area (Å²) < 4.78 is 21.9. The average molecular weight is 347 g/mol. The van der Waals surface area contributed by atoms with Gasteiger partial charge in [0.2, 0.25) is 5.91 Å². The highest BCUT2D eigenvalue weighted by molar-refractivity contribution is 5.92. The lowest BCUT2D eigenvalue weighted by Gasteiger charge is -2.53. The number of nitrogens with zero attached hydrogens (tertiary/aromatic N) is 1. The van der Waals surface area contributed by atoms with E-state index in [-0.39, 0.29) is 11.3 Å². The van der Waals surface area contributed by atoms with Crippen LogP contribution in [0.4, 0.5) is 0 Å². The largest absolute Gasteiger partial charge is 0.493 e. The second-order valence-corrected chi connectivity index (χ2v) is 7.12. The van der Waals surface area contributed by atoms with E-state index < -0.39 is 5.79 Å². The zero-order valence-corrected chi connectivity index (χ0v) is 15.2. The summed E-state index contributed by atoms with van der Waals surface area (Å²) in [6.07, 6.45) is 3.37. The molecule has 0 aliphatic carbocycles. The number of carbonyl (C=O) groups excluding carboxylic acids is 1. The number of ether oxygens (including phenoxy) is 4. The van der Waals surface area contributed by atoms with Crippen LogP contribution in [0.2, 0.25) is 0 Å². The van der Waals surface area contributed by atoms with Crippen molar-refractivity contribution in [2.24, 2.45) is 5.41 Å². The molecule has 0 saturated carbocycles.